The van der Waals surface area contributed by atoms with Crippen molar-refractivity contribution in [1.82, 2.24) is 15.5 Å². The van der Waals surface area contributed by atoms with Crippen LogP contribution in [-0.4, -0.2) is 35.2 Å². The molecule has 0 aliphatic carbocycles. The normalized spacial score (nSPS) is 20.2. The monoisotopic (exact) mass is 252 g/mol. The highest BCUT2D eigenvalue weighted by Gasteiger charge is 2.28. The van der Waals surface area contributed by atoms with Crippen molar-refractivity contribution in [2.24, 2.45) is 0 Å². The van der Waals surface area contributed by atoms with Crippen molar-refractivity contribution in [3.05, 3.63) is 5.89 Å². The first-order valence-electron chi connectivity index (χ1n) is 6.22. The summed E-state index contributed by atoms with van der Waals surface area (Å²) in [5, 5.41) is 11.1. The molecule has 18 heavy (non-hydrogen) atoms. The molecule has 1 saturated heterocycles. The van der Waals surface area contributed by atoms with Gasteiger partial charge in [0.1, 0.15) is 0 Å². The minimum Gasteiger partial charge on any atom is -0.407 e. The van der Waals surface area contributed by atoms with Crippen molar-refractivity contribution in [3.8, 4) is 0 Å². The molecule has 6 heteroatoms. The van der Waals surface area contributed by atoms with E-state index in [0.717, 1.165) is 19.5 Å². The summed E-state index contributed by atoms with van der Waals surface area (Å²) in [6.07, 6.45) is 0.910. The second kappa shape index (κ2) is 4.59. The number of nitrogens with one attached hydrogen (secondary N) is 1. The molecular formula is C12H20N4O2. The predicted octanol–water partition coefficient (Wildman–Crippen LogP) is 1.08. The fraction of sp³-hybridized carbons (Fsp3) is 0.750. The van der Waals surface area contributed by atoms with Gasteiger partial charge in [-0.1, -0.05) is 25.9 Å². The van der Waals surface area contributed by atoms with Crippen LogP contribution in [0.15, 0.2) is 4.42 Å². The predicted molar refractivity (Wildman–Crippen MR) is 67.4 cm³/mol. The Bertz CT molecular complexity index is 436. The van der Waals surface area contributed by atoms with Crippen molar-refractivity contribution in [1.29, 1.82) is 0 Å². The first kappa shape index (κ1) is 12.9. The number of anilines is 1. The van der Waals surface area contributed by atoms with E-state index in [1.54, 1.807) is 0 Å². The number of amides is 1. The zero-order chi connectivity index (χ0) is 13.3. The Balaban J connectivity index is 2.01. The summed E-state index contributed by atoms with van der Waals surface area (Å²) >= 11 is 0. The van der Waals surface area contributed by atoms with Gasteiger partial charge in [-0.2, -0.15) is 0 Å². The summed E-state index contributed by atoms with van der Waals surface area (Å²) < 4.78 is 5.68. The molecule has 2 heterocycles. The van der Waals surface area contributed by atoms with Gasteiger partial charge in [0, 0.05) is 31.5 Å². The molecule has 0 spiro atoms. The summed E-state index contributed by atoms with van der Waals surface area (Å²) in [5.74, 6) is 0.642. The molecule has 0 saturated carbocycles. The lowest BCUT2D eigenvalue weighted by Gasteiger charge is -2.14. The van der Waals surface area contributed by atoms with Crippen molar-refractivity contribution in [3.63, 3.8) is 0 Å². The molecular weight excluding hydrogens is 232 g/mol. The number of rotatable bonds is 2. The Hall–Kier alpha value is -1.59. The molecule has 0 unspecified atom stereocenters. The average molecular weight is 252 g/mol. The van der Waals surface area contributed by atoms with Gasteiger partial charge in [-0.15, -0.1) is 5.10 Å². The molecule has 1 N–H and O–H groups in total. The van der Waals surface area contributed by atoms with Crippen LogP contribution in [0.25, 0.3) is 0 Å². The molecule has 6 nitrogen and oxygen atoms in total. The Labute approximate surface area is 107 Å². The molecule has 2 rings (SSSR count). The van der Waals surface area contributed by atoms with E-state index < -0.39 is 0 Å². The van der Waals surface area contributed by atoms with Gasteiger partial charge >= 0.3 is 6.01 Å². The average Bonchev–Trinajstić information content (AvgIpc) is 2.81. The molecule has 100 valence electrons. The quantitative estimate of drug-likeness (QED) is 0.853. The van der Waals surface area contributed by atoms with E-state index in [2.05, 4.69) is 15.5 Å². The van der Waals surface area contributed by atoms with E-state index >= 15 is 0 Å². The third kappa shape index (κ3) is 2.80. The molecule has 0 bridgehead atoms. The Morgan fingerprint density at radius 3 is 2.72 bits per heavy atom. The van der Waals surface area contributed by atoms with Crippen LogP contribution in [0.3, 0.4) is 0 Å². The minimum atomic E-state index is -0.137. The lowest BCUT2D eigenvalue weighted by Crippen LogP contribution is -2.35. The zero-order valence-electron chi connectivity index (χ0n) is 11.4. The Morgan fingerprint density at radius 1 is 1.44 bits per heavy atom. The van der Waals surface area contributed by atoms with E-state index in [1.165, 1.54) is 6.92 Å². The van der Waals surface area contributed by atoms with Crippen LogP contribution in [-0.2, 0) is 10.2 Å². The van der Waals surface area contributed by atoms with Gasteiger partial charge in [0.25, 0.3) is 0 Å². The van der Waals surface area contributed by atoms with Gasteiger partial charge in [-0.3, -0.25) is 4.79 Å². The second-order valence-electron chi connectivity index (χ2n) is 5.77. The molecule has 1 amide bonds. The summed E-state index contributed by atoms with van der Waals surface area (Å²) in [7, 11) is 0. The zero-order valence-corrected chi connectivity index (χ0v) is 11.4. The highest BCUT2D eigenvalue weighted by Crippen LogP contribution is 2.25. The number of aromatic nitrogens is 2. The lowest BCUT2D eigenvalue weighted by atomic mass is 9.97. The maximum atomic E-state index is 11.0. The van der Waals surface area contributed by atoms with Crippen molar-refractivity contribution >= 4 is 11.9 Å². The van der Waals surface area contributed by atoms with Crippen LogP contribution >= 0.6 is 0 Å². The van der Waals surface area contributed by atoms with Crippen LogP contribution in [0.1, 0.15) is 40.0 Å². The number of carbonyl (C=O) groups excluding carboxylic acids is 1. The van der Waals surface area contributed by atoms with Crippen LogP contribution < -0.4 is 10.2 Å². The molecule has 1 aromatic rings. The SMILES string of the molecule is CC(=O)N[C@@H]1CCN(c2nnc(C(C)(C)C)o2)C1. The fourth-order valence-corrected chi connectivity index (χ4v) is 1.99. The van der Waals surface area contributed by atoms with E-state index in [9.17, 15) is 4.79 Å². The van der Waals surface area contributed by atoms with Gasteiger partial charge < -0.3 is 14.6 Å². The van der Waals surface area contributed by atoms with Crippen LogP contribution in [0.5, 0.6) is 0 Å². The molecule has 1 aliphatic rings. The third-order valence-electron chi connectivity index (χ3n) is 2.92. The summed E-state index contributed by atoms with van der Waals surface area (Å²) in [6, 6.07) is 0.722. The lowest BCUT2D eigenvalue weighted by molar-refractivity contribution is -0.119. The standard InChI is InChI=1S/C12H20N4O2/c1-8(17)13-9-5-6-16(7-9)11-15-14-10(18-11)12(2,3)4/h9H,5-7H2,1-4H3,(H,13,17)/t9-/m1/s1. The number of hydrogen-bond donors (Lipinski definition) is 1. The van der Waals surface area contributed by atoms with E-state index in [1.807, 2.05) is 25.7 Å². The van der Waals surface area contributed by atoms with E-state index in [4.69, 9.17) is 4.42 Å². The molecule has 1 fully saturated rings. The highest BCUT2D eigenvalue weighted by atomic mass is 16.4. The highest BCUT2D eigenvalue weighted by molar-refractivity contribution is 5.73. The number of carbonyl (C=O) groups is 1. The molecule has 1 aromatic heterocycles. The van der Waals surface area contributed by atoms with Crippen LogP contribution in [0.4, 0.5) is 6.01 Å². The molecule has 1 atom stereocenters. The summed E-state index contributed by atoms with van der Waals surface area (Å²) in [5.41, 5.74) is -0.137. The maximum absolute atomic E-state index is 11.0. The van der Waals surface area contributed by atoms with E-state index in [0.29, 0.717) is 11.9 Å². The first-order chi connectivity index (χ1) is 8.36. The van der Waals surface area contributed by atoms with E-state index in [-0.39, 0.29) is 17.4 Å². The fourth-order valence-electron chi connectivity index (χ4n) is 1.99. The van der Waals surface area contributed by atoms with Crippen molar-refractivity contribution in [2.75, 3.05) is 18.0 Å². The largest absolute Gasteiger partial charge is 0.407 e. The van der Waals surface area contributed by atoms with Crippen LogP contribution in [0, 0.1) is 0 Å². The summed E-state index contributed by atoms with van der Waals surface area (Å²) in [4.78, 5) is 13.0. The molecule has 0 radical (unpaired) electrons. The van der Waals surface area contributed by atoms with Crippen molar-refractivity contribution in [2.45, 2.75) is 45.6 Å². The minimum absolute atomic E-state index is 0.00256. The topological polar surface area (TPSA) is 71.3 Å². The Morgan fingerprint density at radius 2 is 2.17 bits per heavy atom. The summed E-state index contributed by atoms with van der Waals surface area (Å²) in [6.45, 7) is 9.20. The van der Waals surface area contributed by atoms with Gasteiger partial charge in [0.15, 0.2) is 0 Å². The van der Waals surface area contributed by atoms with Crippen molar-refractivity contribution < 1.29 is 9.21 Å². The van der Waals surface area contributed by atoms with Gasteiger partial charge in [0.2, 0.25) is 11.8 Å². The maximum Gasteiger partial charge on any atom is 0.318 e. The molecule has 1 aliphatic heterocycles. The number of nitrogens with zero attached hydrogens (tertiary/aromatic N) is 3. The van der Waals surface area contributed by atoms with Crippen LogP contribution in [0.2, 0.25) is 0 Å². The first-order valence-corrected chi connectivity index (χ1v) is 6.22. The Kier molecular flexibility index (Phi) is 3.28. The number of hydrogen-bond acceptors (Lipinski definition) is 5. The van der Waals surface area contributed by atoms with Gasteiger partial charge in [0.05, 0.1) is 0 Å². The molecule has 0 aromatic carbocycles. The van der Waals surface area contributed by atoms with Gasteiger partial charge in [-0.25, -0.2) is 0 Å². The second-order valence-corrected chi connectivity index (χ2v) is 5.77. The third-order valence-corrected chi connectivity index (χ3v) is 2.92. The smallest absolute Gasteiger partial charge is 0.318 e. The van der Waals surface area contributed by atoms with Gasteiger partial charge in [-0.05, 0) is 6.42 Å².